The quantitative estimate of drug-likeness (QED) is 0.710. The summed E-state index contributed by atoms with van der Waals surface area (Å²) >= 11 is 0. The molecule has 0 aromatic rings. The Labute approximate surface area is 81.3 Å². The first kappa shape index (κ1) is 12.9. The predicted molar refractivity (Wildman–Crippen MR) is 54.4 cm³/mol. The Bertz CT molecular complexity index is 181. The lowest BCUT2D eigenvalue weighted by atomic mass is 10.0. The summed E-state index contributed by atoms with van der Waals surface area (Å²) in [7, 11) is -3.67. The van der Waals surface area contributed by atoms with Gasteiger partial charge in [-0.15, -0.1) is 0 Å². The van der Waals surface area contributed by atoms with Gasteiger partial charge in [-0.3, -0.25) is 4.55 Å². The Morgan fingerprint density at radius 2 is 1.31 bits per heavy atom. The van der Waals surface area contributed by atoms with Gasteiger partial charge in [0.1, 0.15) is 0 Å². The van der Waals surface area contributed by atoms with Crippen molar-refractivity contribution in [3.8, 4) is 0 Å². The summed E-state index contributed by atoms with van der Waals surface area (Å²) in [6.07, 6.45) is 9.47. The van der Waals surface area contributed by atoms with Crippen molar-refractivity contribution >= 4 is 10.1 Å². The molecular formula is C9H20O3S. The first-order valence-corrected chi connectivity index (χ1v) is 6.62. The zero-order chi connectivity index (χ0) is 10.2. The summed E-state index contributed by atoms with van der Waals surface area (Å²) in [5.74, 6) is -0.132. The van der Waals surface area contributed by atoms with E-state index in [9.17, 15) is 8.42 Å². The molecule has 0 radical (unpaired) electrons. The maximum Gasteiger partial charge on any atom is 0.264 e. The van der Waals surface area contributed by atoms with Crippen LogP contribution in [0.3, 0.4) is 0 Å². The molecule has 0 bridgehead atoms. The van der Waals surface area contributed by atoms with Gasteiger partial charge in [-0.05, 0) is 6.42 Å². The van der Waals surface area contributed by atoms with E-state index in [2.05, 4.69) is 0 Å². The summed E-state index contributed by atoms with van der Waals surface area (Å²) in [5, 5.41) is 0. The summed E-state index contributed by atoms with van der Waals surface area (Å²) in [6.45, 7) is 1.69. The van der Waals surface area contributed by atoms with E-state index in [0.717, 1.165) is 0 Å². The SMILES string of the molecule is C1CCCCC1.CCCS(=O)(=O)O. The van der Waals surface area contributed by atoms with Crippen LogP contribution in [0.1, 0.15) is 51.9 Å². The van der Waals surface area contributed by atoms with E-state index in [4.69, 9.17) is 4.55 Å². The van der Waals surface area contributed by atoms with Crippen LogP contribution < -0.4 is 0 Å². The molecule has 3 nitrogen and oxygen atoms in total. The highest BCUT2D eigenvalue weighted by Gasteiger charge is 1.98. The maximum absolute atomic E-state index is 9.79. The average Bonchev–Trinajstić information content (AvgIpc) is 2.06. The second-order valence-electron chi connectivity index (χ2n) is 3.41. The van der Waals surface area contributed by atoms with Crippen LogP contribution in [0.15, 0.2) is 0 Å². The Hall–Kier alpha value is -0.0900. The molecule has 13 heavy (non-hydrogen) atoms. The molecule has 0 amide bonds. The van der Waals surface area contributed by atoms with E-state index in [1.165, 1.54) is 38.5 Å². The average molecular weight is 208 g/mol. The Balaban J connectivity index is 0.000000223. The van der Waals surface area contributed by atoms with E-state index in [1.54, 1.807) is 6.92 Å². The lowest BCUT2D eigenvalue weighted by Crippen LogP contribution is -2.01. The molecule has 1 N–H and O–H groups in total. The Morgan fingerprint density at radius 1 is 1.00 bits per heavy atom. The van der Waals surface area contributed by atoms with Crippen molar-refractivity contribution in [1.29, 1.82) is 0 Å². The molecule has 1 rings (SSSR count). The molecule has 4 heteroatoms. The van der Waals surface area contributed by atoms with Crippen LogP contribution in [-0.4, -0.2) is 18.7 Å². The molecule has 0 unspecified atom stereocenters. The summed E-state index contributed by atoms with van der Waals surface area (Å²) in [6, 6.07) is 0. The molecule has 1 saturated carbocycles. The monoisotopic (exact) mass is 208 g/mol. The highest BCUT2D eigenvalue weighted by molar-refractivity contribution is 7.85. The molecule has 80 valence electrons. The molecule has 0 aliphatic heterocycles. The molecule has 0 aromatic carbocycles. The van der Waals surface area contributed by atoms with Crippen molar-refractivity contribution in [3.05, 3.63) is 0 Å². The van der Waals surface area contributed by atoms with Crippen molar-refractivity contribution < 1.29 is 13.0 Å². The molecule has 1 aliphatic carbocycles. The third-order valence-corrected chi connectivity index (χ3v) is 2.89. The third kappa shape index (κ3) is 11.9. The molecule has 0 saturated heterocycles. The zero-order valence-corrected chi connectivity index (χ0v) is 9.15. The van der Waals surface area contributed by atoms with Crippen LogP contribution >= 0.6 is 0 Å². The third-order valence-electron chi connectivity index (χ3n) is 1.96. The molecule has 1 aliphatic rings. The first-order valence-electron chi connectivity index (χ1n) is 5.01. The second kappa shape index (κ2) is 7.33. The smallest absolute Gasteiger partial charge is 0.264 e. The van der Waals surface area contributed by atoms with E-state index >= 15 is 0 Å². The summed E-state index contributed by atoms with van der Waals surface area (Å²) < 4.78 is 27.6. The number of hydrogen-bond acceptors (Lipinski definition) is 2. The van der Waals surface area contributed by atoms with E-state index in [1.807, 2.05) is 0 Å². The molecular weight excluding hydrogens is 188 g/mol. The van der Waals surface area contributed by atoms with Crippen LogP contribution in [0, 0.1) is 0 Å². The van der Waals surface area contributed by atoms with Gasteiger partial charge in [0.05, 0.1) is 5.75 Å². The van der Waals surface area contributed by atoms with Crippen molar-refractivity contribution in [2.75, 3.05) is 5.75 Å². The van der Waals surface area contributed by atoms with Gasteiger partial charge < -0.3 is 0 Å². The van der Waals surface area contributed by atoms with Gasteiger partial charge in [-0.25, -0.2) is 0 Å². The maximum atomic E-state index is 9.79. The fraction of sp³-hybridized carbons (Fsp3) is 1.00. The summed E-state index contributed by atoms with van der Waals surface area (Å²) in [5.41, 5.74) is 0. The minimum atomic E-state index is -3.67. The van der Waals surface area contributed by atoms with Crippen LogP contribution in [0.2, 0.25) is 0 Å². The minimum absolute atomic E-state index is 0.132. The lowest BCUT2D eigenvalue weighted by molar-refractivity contribution is 0.482. The predicted octanol–water partition coefficient (Wildman–Crippen LogP) is 2.62. The van der Waals surface area contributed by atoms with Gasteiger partial charge in [-0.1, -0.05) is 45.4 Å². The van der Waals surface area contributed by atoms with E-state index in [-0.39, 0.29) is 5.75 Å². The molecule has 1 fully saturated rings. The summed E-state index contributed by atoms with van der Waals surface area (Å²) in [4.78, 5) is 0. The fourth-order valence-electron chi connectivity index (χ4n) is 1.32. The highest BCUT2D eigenvalue weighted by atomic mass is 32.2. The molecule has 0 spiro atoms. The van der Waals surface area contributed by atoms with Gasteiger partial charge >= 0.3 is 0 Å². The van der Waals surface area contributed by atoms with Crippen LogP contribution in [0.25, 0.3) is 0 Å². The highest BCUT2D eigenvalue weighted by Crippen LogP contribution is 2.15. The largest absolute Gasteiger partial charge is 0.286 e. The number of rotatable bonds is 2. The van der Waals surface area contributed by atoms with Gasteiger partial charge in [0, 0.05) is 0 Å². The standard InChI is InChI=1S/C6H12.C3H8O3S/c1-2-4-6-5-3-1;1-2-3-7(4,5)6/h1-6H2;2-3H2,1H3,(H,4,5,6). The van der Waals surface area contributed by atoms with Crippen LogP contribution in [0.4, 0.5) is 0 Å². The number of hydrogen-bond donors (Lipinski definition) is 1. The minimum Gasteiger partial charge on any atom is -0.286 e. The van der Waals surface area contributed by atoms with Crippen LogP contribution in [-0.2, 0) is 10.1 Å². The first-order chi connectivity index (χ1) is 6.06. The Kier molecular flexibility index (Phi) is 7.28. The van der Waals surface area contributed by atoms with Gasteiger partial charge in [0.25, 0.3) is 10.1 Å². The molecule has 0 atom stereocenters. The topological polar surface area (TPSA) is 54.4 Å². The lowest BCUT2D eigenvalue weighted by Gasteiger charge is -2.05. The zero-order valence-electron chi connectivity index (χ0n) is 8.33. The van der Waals surface area contributed by atoms with Gasteiger partial charge in [-0.2, -0.15) is 8.42 Å². The molecule has 0 heterocycles. The van der Waals surface area contributed by atoms with E-state index < -0.39 is 10.1 Å². The van der Waals surface area contributed by atoms with Crippen molar-refractivity contribution in [1.82, 2.24) is 0 Å². The van der Waals surface area contributed by atoms with Gasteiger partial charge in [0.15, 0.2) is 0 Å². The Morgan fingerprint density at radius 3 is 1.38 bits per heavy atom. The second-order valence-corrected chi connectivity index (χ2v) is 4.98. The van der Waals surface area contributed by atoms with E-state index in [0.29, 0.717) is 6.42 Å². The normalized spacial score (nSPS) is 17.4. The van der Waals surface area contributed by atoms with Crippen molar-refractivity contribution in [3.63, 3.8) is 0 Å². The van der Waals surface area contributed by atoms with Crippen LogP contribution in [0.5, 0.6) is 0 Å². The van der Waals surface area contributed by atoms with Crippen molar-refractivity contribution in [2.24, 2.45) is 0 Å². The fourth-order valence-corrected chi connectivity index (χ4v) is 1.83. The van der Waals surface area contributed by atoms with Gasteiger partial charge in [0.2, 0.25) is 0 Å². The molecule has 0 aromatic heterocycles. The van der Waals surface area contributed by atoms with Crippen molar-refractivity contribution in [2.45, 2.75) is 51.9 Å².